The number of hydrogen-bond donors (Lipinski definition) is 0. The maximum absolute atomic E-state index is 11.8. The van der Waals surface area contributed by atoms with Gasteiger partial charge < -0.3 is 4.74 Å². The minimum absolute atomic E-state index is 0.127. The van der Waals surface area contributed by atoms with Gasteiger partial charge in [0, 0.05) is 0 Å². The van der Waals surface area contributed by atoms with Gasteiger partial charge in [-0.05, 0) is 0 Å². The van der Waals surface area contributed by atoms with Crippen molar-refractivity contribution >= 4 is 12.3 Å². The first-order valence-corrected chi connectivity index (χ1v) is 2.27. The summed E-state index contributed by atoms with van der Waals surface area (Å²) in [5, 5.41) is 0. The number of carbonyl (C=O) groups excluding carboxylic acids is 2. The molecule has 0 aliphatic rings. The van der Waals surface area contributed by atoms with Crippen LogP contribution in [0.3, 0.4) is 0 Å². The van der Waals surface area contributed by atoms with Gasteiger partial charge in [-0.15, -0.1) is 0 Å². The van der Waals surface area contributed by atoms with Crippen LogP contribution in [0.4, 0.5) is 4.39 Å². The van der Waals surface area contributed by atoms with Gasteiger partial charge in [0.05, 0.1) is 0 Å². The third-order valence-corrected chi connectivity index (χ3v) is 0.589. The number of esters is 1. The molecule has 50 valence electrons. The average Bonchev–Trinajstić information content (AvgIpc) is 1.87. The smallest absolute Gasteiger partial charge is 0.351 e. The summed E-state index contributed by atoms with van der Waals surface area (Å²) in [6.07, 6.45) is -2.29. The highest BCUT2D eigenvalue weighted by molar-refractivity contribution is 5.90. The molecule has 1 unspecified atom stereocenters. The number of hydrogen-bond acceptors (Lipinski definition) is 3. The molecule has 0 N–H and O–H groups in total. The zero-order valence-electron chi connectivity index (χ0n) is 4.67. The number of aldehydes is 1. The maximum Gasteiger partial charge on any atom is 0.351 e. The summed E-state index contributed by atoms with van der Waals surface area (Å²) in [4.78, 5) is 19.6. The summed E-state index contributed by atoms with van der Waals surface area (Å²) >= 11 is 0. The molecule has 0 saturated heterocycles. The lowest BCUT2D eigenvalue weighted by atomic mass is 10.4. The fourth-order valence-electron chi connectivity index (χ4n) is 0.236. The van der Waals surface area contributed by atoms with E-state index < -0.39 is 12.1 Å². The summed E-state index contributed by atoms with van der Waals surface area (Å²) in [6.45, 7) is 2.96. The summed E-state index contributed by atoms with van der Waals surface area (Å²) in [7, 11) is 0. The molecule has 0 aliphatic heterocycles. The third-order valence-electron chi connectivity index (χ3n) is 0.589. The van der Waals surface area contributed by atoms with E-state index in [0.717, 1.165) is 0 Å². The van der Waals surface area contributed by atoms with Crippen molar-refractivity contribution < 1.29 is 18.7 Å². The van der Waals surface area contributed by atoms with E-state index in [-0.39, 0.29) is 12.9 Å². The number of ether oxygens (including phenoxy) is 1. The normalized spacial score (nSPS) is 12.1. The van der Waals surface area contributed by atoms with Gasteiger partial charge >= 0.3 is 5.97 Å². The Morgan fingerprint density at radius 2 is 2.44 bits per heavy atom. The Hall–Kier alpha value is -1.06. The summed E-state index contributed by atoms with van der Waals surface area (Å²) in [5.74, 6) is -1.18. The van der Waals surface area contributed by atoms with Crippen molar-refractivity contribution in [3.63, 3.8) is 0 Å². The molecular weight excluding hydrogens is 127 g/mol. The zero-order chi connectivity index (χ0) is 7.28. The molecule has 0 bridgehead atoms. The third kappa shape index (κ3) is 2.69. The molecule has 3 nitrogen and oxygen atoms in total. The van der Waals surface area contributed by atoms with Crippen molar-refractivity contribution in [3.8, 4) is 0 Å². The van der Waals surface area contributed by atoms with Crippen molar-refractivity contribution in [2.24, 2.45) is 0 Å². The predicted molar refractivity (Wildman–Crippen MR) is 27.3 cm³/mol. The summed E-state index contributed by atoms with van der Waals surface area (Å²) in [6, 6.07) is 0. The van der Waals surface area contributed by atoms with Crippen molar-refractivity contribution in [1.82, 2.24) is 0 Å². The van der Waals surface area contributed by atoms with Gasteiger partial charge in [-0.1, -0.05) is 0 Å². The molecule has 0 heterocycles. The first-order chi connectivity index (χ1) is 4.22. The Kier molecular flexibility index (Phi) is 3.43. The topological polar surface area (TPSA) is 43.4 Å². The van der Waals surface area contributed by atoms with Crippen LogP contribution in [-0.2, 0) is 14.3 Å². The molecule has 0 rings (SSSR count). The first-order valence-electron chi connectivity index (χ1n) is 2.27. The van der Waals surface area contributed by atoms with E-state index in [1.807, 2.05) is 0 Å². The van der Waals surface area contributed by atoms with Crippen molar-refractivity contribution in [1.29, 1.82) is 0 Å². The van der Waals surface area contributed by atoms with E-state index in [9.17, 15) is 14.0 Å². The van der Waals surface area contributed by atoms with E-state index in [0.29, 0.717) is 0 Å². The second-order valence-corrected chi connectivity index (χ2v) is 1.21. The molecule has 0 saturated carbocycles. The Balaban J connectivity index is 3.58. The Labute approximate surface area is 51.8 Å². The van der Waals surface area contributed by atoms with Crippen LogP contribution in [0.5, 0.6) is 0 Å². The maximum atomic E-state index is 11.8. The standard InChI is InChI=1S/C5H6FO3/c1-2-9-5(8)4(6)3-7/h3-4H,1-2H2/q+1. The van der Waals surface area contributed by atoms with Crippen LogP contribution in [0.15, 0.2) is 0 Å². The van der Waals surface area contributed by atoms with Crippen LogP contribution in [0.1, 0.15) is 0 Å². The fourth-order valence-corrected chi connectivity index (χ4v) is 0.236. The van der Waals surface area contributed by atoms with Crippen molar-refractivity contribution in [3.05, 3.63) is 6.92 Å². The lowest BCUT2D eigenvalue weighted by Gasteiger charge is -1.95. The number of rotatable bonds is 3. The van der Waals surface area contributed by atoms with E-state index in [1.54, 1.807) is 0 Å². The van der Waals surface area contributed by atoms with E-state index in [4.69, 9.17) is 0 Å². The van der Waals surface area contributed by atoms with Crippen molar-refractivity contribution in [2.45, 2.75) is 6.17 Å². The monoisotopic (exact) mass is 133 g/mol. The van der Waals surface area contributed by atoms with Crippen LogP contribution in [0.25, 0.3) is 0 Å². The van der Waals surface area contributed by atoms with E-state index in [2.05, 4.69) is 11.7 Å². The van der Waals surface area contributed by atoms with Crippen LogP contribution in [0.2, 0.25) is 0 Å². The van der Waals surface area contributed by atoms with Gasteiger partial charge in [0.25, 0.3) is 6.17 Å². The minimum Gasteiger partial charge on any atom is -0.421 e. The molecule has 4 heteroatoms. The van der Waals surface area contributed by atoms with Gasteiger partial charge in [-0.2, -0.15) is 0 Å². The van der Waals surface area contributed by atoms with Gasteiger partial charge in [-0.3, -0.25) is 4.79 Å². The molecular formula is C5H6FO3+. The SMILES string of the molecule is [CH2+]COC(=O)C(F)C=O. The minimum atomic E-state index is -2.16. The number of halogens is 1. The highest BCUT2D eigenvalue weighted by Crippen LogP contribution is 1.88. The molecule has 0 radical (unpaired) electrons. The molecule has 0 aromatic heterocycles. The summed E-state index contributed by atoms with van der Waals surface area (Å²) < 4.78 is 15.9. The van der Waals surface area contributed by atoms with Gasteiger partial charge in [0.15, 0.2) is 6.29 Å². The molecule has 0 spiro atoms. The molecule has 9 heavy (non-hydrogen) atoms. The summed E-state index contributed by atoms with van der Waals surface area (Å²) in [5.41, 5.74) is 0. The Morgan fingerprint density at radius 1 is 1.89 bits per heavy atom. The van der Waals surface area contributed by atoms with Crippen LogP contribution in [-0.4, -0.2) is 25.0 Å². The van der Waals surface area contributed by atoms with E-state index in [1.165, 1.54) is 0 Å². The molecule has 0 aromatic carbocycles. The Bertz CT molecular complexity index is 113. The lowest BCUT2D eigenvalue weighted by Crippen LogP contribution is -2.19. The highest BCUT2D eigenvalue weighted by Gasteiger charge is 2.16. The number of carbonyl (C=O) groups is 2. The average molecular weight is 133 g/mol. The second-order valence-electron chi connectivity index (χ2n) is 1.21. The van der Waals surface area contributed by atoms with E-state index >= 15 is 0 Å². The predicted octanol–water partition coefficient (Wildman–Crippen LogP) is -0.0993. The van der Waals surface area contributed by atoms with Gasteiger partial charge in [0.1, 0.15) is 6.92 Å². The molecule has 0 aromatic rings. The second kappa shape index (κ2) is 3.88. The molecule has 1 atom stereocenters. The highest BCUT2D eigenvalue weighted by atomic mass is 19.1. The van der Waals surface area contributed by atoms with Crippen molar-refractivity contribution in [2.75, 3.05) is 6.61 Å². The fraction of sp³-hybridized carbons (Fsp3) is 0.400. The zero-order valence-corrected chi connectivity index (χ0v) is 4.67. The van der Waals surface area contributed by atoms with Crippen LogP contribution >= 0.6 is 0 Å². The lowest BCUT2D eigenvalue weighted by molar-refractivity contribution is -0.149. The van der Waals surface area contributed by atoms with Crippen LogP contribution < -0.4 is 0 Å². The van der Waals surface area contributed by atoms with Gasteiger partial charge in [0.2, 0.25) is 6.61 Å². The molecule has 0 amide bonds. The molecule has 0 fully saturated rings. The molecule has 0 aliphatic carbocycles. The first kappa shape index (κ1) is 7.94. The number of alkyl halides is 1. The quantitative estimate of drug-likeness (QED) is 0.234. The largest absolute Gasteiger partial charge is 0.421 e. The van der Waals surface area contributed by atoms with Gasteiger partial charge in [-0.25, -0.2) is 9.18 Å². The Morgan fingerprint density at radius 3 is 2.78 bits per heavy atom. The van der Waals surface area contributed by atoms with Crippen LogP contribution in [0, 0.1) is 6.92 Å².